The lowest BCUT2D eigenvalue weighted by Crippen LogP contribution is -2.06. The molecule has 0 unspecified atom stereocenters. The third kappa shape index (κ3) is 4.81. The molecule has 0 saturated heterocycles. The maximum Gasteiger partial charge on any atom is 0.154 e. The Hall–Kier alpha value is -1.64. The molecule has 2 N–H and O–H groups in total. The average Bonchev–Trinajstić information content (AvgIpc) is 2.30. The van der Waals surface area contributed by atoms with E-state index in [0.29, 0.717) is 17.6 Å². The van der Waals surface area contributed by atoms with Crippen LogP contribution in [0.15, 0.2) is 35.5 Å². The Labute approximate surface area is 103 Å². The van der Waals surface area contributed by atoms with E-state index in [1.807, 2.05) is 30.5 Å². The monoisotopic (exact) mass is 231 g/mol. The number of amidine groups is 1. The van der Waals surface area contributed by atoms with Gasteiger partial charge >= 0.3 is 0 Å². The molecule has 0 amide bonds. The number of rotatable bonds is 5. The molecule has 0 aliphatic rings. The van der Waals surface area contributed by atoms with Crippen LogP contribution in [-0.4, -0.2) is 10.8 Å². The van der Waals surface area contributed by atoms with Crippen molar-refractivity contribution in [2.45, 2.75) is 39.5 Å². The number of aromatic nitrogens is 1. The molecule has 17 heavy (non-hydrogen) atoms. The summed E-state index contributed by atoms with van der Waals surface area (Å²) in [4.78, 5) is 8.49. The van der Waals surface area contributed by atoms with Gasteiger partial charge in [-0.3, -0.25) is 0 Å². The first-order valence-electron chi connectivity index (χ1n) is 6.10. The van der Waals surface area contributed by atoms with E-state index < -0.39 is 0 Å². The van der Waals surface area contributed by atoms with Crippen LogP contribution in [0.4, 0.5) is 5.82 Å². The second-order valence-electron chi connectivity index (χ2n) is 4.33. The van der Waals surface area contributed by atoms with Gasteiger partial charge in [0.2, 0.25) is 0 Å². The van der Waals surface area contributed by atoms with Crippen LogP contribution in [-0.2, 0) is 0 Å². The summed E-state index contributed by atoms with van der Waals surface area (Å²) in [5.74, 6) is 1.65. The van der Waals surface area contributed by atoms with Gasteiger partial charge in [-0.25, -0.2) is 9.98 Å². The van der Waals surface area contributed by atoms with Gasteiger partial charge in [0, 0.05) is 6.20 Å². The Morgan fingerprint density at radius 2 is 2.24 bits per heavy atom. The molecular weight excluding hydrogens is 210 g/mol. The number of allylic oxidation sites excluding steroid dienone is 1. The second-order valence-corrected chi connectivity index (χ2v) is 4.33. The highest BCUT2D eigenvalue weighted by molar-refractivity contribution is 5.92. The first-order chi connectivity index (χ1) is 8.13. The maximum absolute atomic E-state index is 5.77. The van der Waals surface area contributed by atoms with Crippen LogP contribution in [0.2, 0.25) is 0 Å². The summed E-state index contributed by atoms with van der Waals surface area (Å²) in [7, 11) is 0. The van der Waals surface area contributed by atoms with Crippen LogP contribution in [0.25, 0.3) is 0 Å². The van der Waals surface area contributed by atoms with E-state index in [-0.39, 0.29) is 0 Å². The van der Waals surface area contributed by atoms with Crippen molar-refractivity contribution in [2.75, 3.05) is 0 Å². The van der Waals surface area contributed by atoms with E-state index in [9.17, 15) is 0 Å². The minimum Gasteiger partial charge on any atom is -0.384 e. The predicted molar refractivity (Wildman–Crippen MR) is 73.7 cm³/mol. The van der Waals surface area contributed by atoms with Gasteiger partial charge in [0.1, 0.15) is 5.84 Å². The molecule has 0 atom stereocenters. The Bertz CT molecular complexity index is 388. The zero-order valence-electron chi connectivity index (χ0n) is 10.9. The third-order valence-electron chi connectivity index (χ3n) is 2.43. The summed E-state index contributed by atoms with van der Waals surface area (Å²) in [6.45, 7) is 6.41. The highest BCUT2D eigenvalue weighted by Gasteiger charge is 1.99. The molecule has 92 valence electrons. The zero-order chi connectivity index (χ0) is 12.7. The topological polar surface area (TPSA) is 51.3 Å². The lowest BCUT2D eigenvalue weighted by atomic mass is 10.1. The maximum atomic E-state index is 5.77. The zero-order valence-corrected chi connectivity index (χ0v) is 10.9. The Balaban J connectivity index is 2.70. The molecule has 0 saturated carbocycles. The van der Waals surface area contributed by atoms with Crippen LogP contribution in [0.3, 0.4) is 0 Å². The minimum absolute atomic E-state index is 0.488. The minimum atomic E-state index is 0.488. The molecule has 0 aliphatic heterocycles. The standard InChI is InChI=1S/C14H21N3/c1-4-5-6-7-13(15)17-14-9-8-12(10-16-14)11(2)3/h6-11H,4-5H2,1-3H3,(H2,15,16,17)/b7-6-. The smallest absolute Gasteiger partial charge is 0.154 e. The quantitative estimate of drug-likeness (QED) is 0.622. The highest BCUT2D eigenvalue weighted by Crippen LogP contribution is 2.15. The van der Waals surface area contributed by atoms with Crippen molar-refractivity contribution in [2.24, 2.45) is 10.7 Å². The van der Waals surface area contributed by atoms with Crippen molar-refractivity contribution >= 4 is 11.7 Å². The lowest BCUT2D eigenvalue weighted by Gasteiger charge is -2.03. The largest absolute Gasteiger partial charge is 0.384 e. The molecular formula is C14H21N3. The van der Waals surface area contributed by atoms with Gasteiger partial charge in [-0.1, -0.05) is 39.3 Å². The molecule has 0 bridgehead atoms. The molecule has 0 aliphatic carbocycles. The molecule has 0 aromatic carbocycles. The molecule has 3 nitrogen and oxygen atoms in total. The second kappa shape index (κ2) is 6.84. The number of nitrogens with zero attached hydrogens (tertiary/aromatic N) is 2. The van der Waals surface area contributed by atoms with Gasteiger partial charge < -0.3 is 5.73 Å². The molecule has 0 fully saturated rings. The summed E-state index contributed by atoms with van der Waals surface area (Å²) in [6.07, 6.45) is 7.86. The SMILES string of the molecule is CCC/C=C\C(N)=Nc1ccc(C(C)C)cn1. The van der Waals surface area contributed by atoms with Gasteiger partial charge in [0.25, 0.3) is 0 Å². The predicted octanol–water partition coefficient (Wildman–Crippen LogP) is 3.55. The molecule has 1 aromatic rings. The third-order valence-corrected chi connectivity index (χ3v) is 2.43. The molecule has 1 aromatic heterocycles. The number of hydrogen-bond acceptors (Lipinski definition) is 2. The van der Waals surface area contributed by atoms with Crippen LogP contribution < -0.4 is 5.73 Å². The van der Waals surface area contributed by atoms with Crippen molar-refractivity contribution in [3.8, 4) is 0 Å². The first-order valence-corrected chi connectivity index (χ1v) is 6.10. The molecule has 0 radical (unpaired) electrons. The summed E-state index contributed by atoms with van der Waals surface area (Å²) in [5.41, 5.74) is 6.98. The average molecular weight is 231 g/mol. The fourth-order valence-corrected chi connectivity index (χ4v) is 1.35. The number of unbranched alkanes of at least 4 members (excludes halogenated alkanes) is 1. The van der Waals surface area contributed by atoms with E-state index in [4.69, 9.17) is 5.73 Å². The van der Waals surface area contributed by atoms with E-state index in [0.717, 1.165) is 12.8 Å². The fraction of sp³-hybridized carbons (Fsp3) is 0.429. The van der Waals surface area contributed by atoms with Crippen molar-refractivity contribution in [3.63, 3.8) is 0 Å². The molecule has 3 heteroatoms. The molecule has 0 spiro atoms. The van der Waals surface area contributed by atoms with E-state index in [1.165, 1.54) is 5.56 Å². The van der Waals surface area contributed by atoms with Gasteiger partial charge in [0.05, 0.1) is 0 Å². The summed E-state index contributed by atoms with van der Waals surface area (Å²) >= 11 is 0. The Morgan fingerprint density at radius 1 is 1.47 bits per heavy atom. The van der Waals surface area contributed by atoms with E-state index in [1.54, 1.807) is 0 Å². The fourth-order valence-electron chi connectivity index (χ4n) is 1.35. The summed E-state index contributed by atoms with van der Waals surface area (Å²) in [5, 5.41) is 0. The van der Waals surface area contributed by atoms with Gasteiger partial charge in [-0.2, -0.15) is 0 Å². The summed E-state index contributed by atoms with van der Waals surface area (Å²) < 4.78 is 0. The van der Waals surface area contributed by atoms with Gasteiger partial charge in [-0.15, -0.1) is 0 Å². The van der Waals surface area contributed by atoms with E-state index in [2.05, 4.69) is 30.7 Å². The lowest BCUT2D eigenvalue weighted by molar-refractivity contribution is 0.858. The highest BCUT2D eigenvalue weighted by atomic mass is 14.9. The first kappa shape index (κ1) is 13.4. The van der Waals surface area contributed by atoms with Crippen LogP contribution >= 0.6 is 0 Å². The van der Waals surface area contributed by atoms with E-state index >= 15 is 0 Å². The summed E-state index contributed by atoms with van der Waals surface area (Å²) in [6, 6.07) is 3.94. The van der Waals surface area contributed by atoms with Crippen molar-refractivity contribution in [1.82, 2.24) is 4.98 Å². The Morgan fingerprint density at radius 3 is 2.76 bits per heavy atom. The van der Waals surface area contributed by atoms with Crippen molar-refractivity contribution in [3.05, 3.63) is 36.0 Å². The molecule has 1 rings (SSSR count). The number of pyridine rings is 1. The normalized spacial score (nSPS) is 12.6. The van der Waals surface area contributed by atoms with Gasteiger partial charge in [0.15, 0.2) is 5.82 Å². The molecule has 1 heterocycles. The number of aliphatic imine (C=N–C) groups is 1. The number of hydrogen-bond donors (Lipinski definition) is 1. The van der Waals surface area contributed by atoms with Gasteiger partial charge in [-0.05, 0) is 30.0 Å². The van der Waals surface area contributed by atoms with Crippen LogP contribution in [0.1, 0.15) is 45.1 Å². The van der Waals surface area contributed by atoms with Crippen molar-refractivity contribution < 1.29 is 0 Å². The van der Waals surface area contributed by atoms with Crippen LogP contribution in [0.5, 0.6) is 0 Å². The van der Waals surface area contributed by atoms with Crippen LogP contribution in [0, 0.1) is 0 Å². The number of nitrogens with two attached hydrogens (primary N) is 1. The van der Waals surface area contributed by atoms with Crippen molar-refractivity contribution in [1.29, 1.82) is 0 Å². The Kier molecular flexibility index (Phi) is 5.40.